The van der Waals surface area contributed by atoms with Crippen LogP contribution < -0.4 is 5.73 Å². The molecule has 18 heavy (non-hydrogen) atoms. The van der Waals surface area contributed by atoms with E-state index in [1.54, 1.807) is 0 Å². The summed E-state index contributed by atoms with van der Waals surface area (Å²) in [5, 5.41) is 0. The number of rotatable bonds is 3. The second-order valence-electron chi connectivity index (χ2n) is 5.56. The highest BCUT2D eigenvalue weighted by Crippen LogP contribution is 2.41. The van der Waals surface area contributed by atoms with E-state index in [0.717, 1.165) is 18.4 Å². The molecule has 0 aromatic heterocycles. The van der Waals surface area contributed by atoms with Crippen LogP contribution in [0.3, 0.4) is 0 Å². The molecule has 1 aromatic carbocycles. The van der Waals surface area contributed by atoms with E-state index in [9.17, 15) is 8.42 Å². The maximum absolute atomic E-state index is 11.3. The van der Waals surface area contributed by atoms with Crippen LogP contribution in [-0.4, -0.2) is 20.4 Å². The van der Waals surface area contributed by atoms with E-state index >= 15 is 0 Å². The summed E-state index contributed by atoms with van der Waals surface area (Å²) >= 11 is 0. The van der Waals surface area contributed by atoms with Gasteiger partial charge in [0.15, 0.2) is 0 Å². The van der Waals surface area contributed by atoms with E-state index in [1.165, 1.54) is 11.8 Å². The van der Waals surface area contributed by atoms with Crippen molar-refractivity contribution in [2.75, 3.05) is 12.0 Å². The molecule has 2 atom stereocenters. The van der Waals surface area contributed by atoms with Crippen molar-refractivity contribution >= 4 is 9.84 Å². The van der Waals surface area contributed by atoms with Crippen LogP contribution in [0.2, 0.25) is 0 Å². The van der Waals surface area contributed by atoms with Crippen LogP contribution in [0.15, 0.2) is 24.3 Å². The Balaban J connectivity index is 2.32. The Labute approximate surface area is 109 Å². The molecule has 0 heterocycles. The van der Waals surface area contributed by atoms with Crippen LogP contribution in [0.5, 0.6) is 0 Å². The first-order valence-electron chi connectivity index (χ1n) is 6.38. The molecule has 4 heteroatoms. The molecule has 0 aliphatic heterocycles. The van der Waals surface area contributed by atoms with Crippen molar-refractivity contribution in [3.63, 3.8) is 0 Å². The van der Waals surface area contributed by atoms with Crippen LogP contribution >= 0.6 is 0 Å². The van der Waals surface area contributed by atoms with Gasteiger partial charge >= 0.3 is 0 Å². The van der Waals surface area contributed by atoms with Gasteiger partial charge in [-0.15, -0.1) is 0 Å². The van der Waals surface area contributed by atoms with Gasteiger partial charge in [-0.25, -0.2) is 8.42 Å². The normalized spacial score (nSPS) is 27.8. The Kier molecular flexibility index (Phi) is 3.52. The summed E-state index contributed by atoms with van der Waals surface area (Å²) in [6, 6.07) is 8.17. The SMILES string of the molecule is CC1CCC(N)(CCS(C)(=O)=O)c2ccccc21. The third-order valence-corrected chi connectivity index (χ3v) is 4.92. The lowest BCUT2D eigenvalue weighted by Crippen LogP contribution is -2.42. The van der Waals surface area contributed by atoms with Gasteiger partial charge < -0.3 is 5.73 Å². The van der Waals surface area contributed by atoms with Gasteiger partial charge in [-0.1, -0.05) is 31.2 Å². The highest BCUT2D eigenvalue weighted by atomic mass is 32.2. The van der Waals surface area contributed by atoms with Crippen LogP contribution in [0.25, 0.3) is 0 Å². The minimum Gasteiger partial charge on any atom is -0.321 e. The topological polar surface area (TPSA) is 60.2 Å². The predicted octanol–water partition coefficient (Wildman–Crippen LogP) is 2.17. The van der Waals surface area contributed by atoms with Crippen LogP contribution in [-0.2, 0) is 15.4 Å². The first-order chi connectivity index (χ1) is 8.32. The zero-order chi connectivity index (χ0) is 13.4. The summed E-state index contributed by atoms with van der Waals surface area (Å²) in [5.41, 5.74) is 8.41. The minimum absolute atomic E-state index is 0.159. The lowest BCUT2D eigenvalue weighted by atomic mass is 9.72. The molecule has 0 fully saturated rings. The third-order valence-electron chi connectivity index (χ3n) is 3.97. The first-order valence-corrected chi connectivity index (χ1v) is 8.44. The molecule has 2 rings (SSSR count). The molecule has 0 amide bonds. The van der Waals surface area contributed by atoms with Gasteiger partial charge in [-0.3, -0.25) is 0 Å². The van der Waals surface area contributed by atoms with Gasteiger partial charge in [-0.2, -0.15) is 0 Å². The van der Waals surface area contributed by atoms with E-state index in [2.05, 4.69) is 13.0 Å². The van der Waals surface area contributed by atoms with Gasteiger partial charge in [-0.05, 0) is 36.3 Å². The Morgan fingerprint density at radius 3 is 2.72 bits per heavy atom. The summed E-state index contributed by atoms with van der Waals surface area (Å²) in [5.74, 6) is 0.669. The monoisotopic (exact) mass is 267 g/mol. The second-order valence-corrected chi connectivity index (χ2v) is 7.82. The molecule has 0 saturated carbocycles. The first kappa shape index (κ1) is 13.6. The summed E-state index contributed by atoms with van der Waals surface area (Å²) in [6.07, 6.45) is 3.67. The minimum atomic E-state index is -2.96. The van der Waals surface area contributed by atoms with Crippen molar-refractivity contribution in [2.45, 2.75) is 37.6 Å². The lowest BCUT2D eigenvalue weighted by molar-refractivity contribution is 0.341. The number of sulfone groups is 1. The number of fused-ring (bicyclic) bond motifs is 1. The maximum Gasteiger partial charge on any atom is 0.147 e. The quantitative estimate of drug-likeness (QED) is 0.913. The molecular formula is C14H21NO2S. The Morgan fingerprint density at radius 2 is 2.06 bits per heavy atom. The van der Waals surface area contributed by atoms with Gasteiger partial charge in [0.25, 0.3) is 0 Å². The standard InChI is InChI=1S/C14H21NO2S/c1-11-7-8-14(15,9-10-18(2,16)17)13-6-4-3-5-12(11)13/h3-6,11H,7-10,15H2,1-2H3. The summed E-state index contributed by atoms with van der Waals surface area (Å²) in [6.45, 7) is 2.20. The highest BCUT2D eigenvalue weighted by molar-refractivity contribution is 7.90. The van der Waals surface area contributed by atoms with Crippen molar-refractivity contribution in [1.29, 1.82) is 0 Å². The third kappa shape index (κ3) is 2.75. The fraction of sp³-hybridized carbons (Fsp3) is 0.571. The van der Waals surface area contributed by atoms with Crippen molar-refractivity contribution in [2.24, 2.45) is 5.73 Å². The lowest BCUT2D eigenvalue weighted by Gasteiger charge is -2.38. The zero-order valence-electron chi connectivity index (χ0n) is 11.0. The van der Waals surface area contributed by atoms with Gasteiger partial charge in [0, 0.05) is 11.8 Å². The van der Waals surface area contributed by atoms with E-state index < -0.39 is 15.4 Å². The molecule has 1 aromatic rings. The van der Waals surface area contributed by atoms with E-state index in [1.807, 2.05) is 18.2 Å². The molecule has 0 spiro atoms. The van der Waals surface area contributed by atoms with Gasteiger partial charge in [0.2, 0.25) is 0 Å². The Hall–Kier alpha value is -0.870. The molecule has 1 aliphatic carbocycles. The van der Waals surface area contributed by atoms with Crippen molar-refractivity contribution in [3.05, 3.63) is 35.4 Å². The maximum atomic E-state index is 11.3. The number of benzene rings is 1. The van der Waals surface area contributed by atoms with Crippen molar-refractivity contribution < 1.29 is 8.42 Å². The molecule has 1 aliphatic rings. The van der Waals surface area contributed by atoms with E-state index in [0.29, 0.717) is 12.3 Å². The molecule has 2 N–H and O–H groups in total. The molecule has 3 nitrogen and oxygen atoms in total. The average molecular weight is 267 g/mol. The smallest absolute Gasteiger partial charge is 0.147 e. The Bertz CT molecular complexity index is 538. The van der Waals surface area contributed by atoms with E-state index in [4.69, 9.17) is 5.73 Å². The van der Waals surface area contributed by atoms with Gasteiger partial charge in [0.05, 0.1) is 5.75 Å². The summed E-state index contributed by atoms with van der Waals surface area (Å²) < 4.78 is 22.7. The molecular weight excluding hydrogens is 246 g/mol. The van der Waals surface area contributed by atoms with Crippen molar-refractivity contribution in [3.8, 4) is 0 Å². The zero-order valence-corrected chi connectivity index (χ0v) is 11.8. The van der Waals surface area contributed by atoms with Crippen molar-refractivity contribution in [1.82, 2.24) is 0 Å². The van der Waals surface area contributed by atoms with E-state index in [-0.39, 0.29) is 5.75 Å². The number of nitrogens with two attached hydrogens (primary N) is 1. The molecule has 0 radical (unpaired) electrons. The highest BCUT2D eigenvalue weighted by Gasteiger charge is 2.35. The fourth-order valence-corrected chi connectivity index (χ4v) is 3.51. The summed E-state index contributed by atoms with van der Waals surface area (Å²) in [4.78, 5) is 0. The summed E-state index contributed by atoms with van der Waals surface area (Å²) in [7, 11) is -2.96. The van der Waals surface area contributed by atoms with Crippen LogP contribution in [0.4, 0.5) is 0 Å². The largest absolute Gasteiger partial charge is 0.321 e. The predicted molar refractivity (Wildman–Crippen MR) is 74.3 cm³/mol. The fourth-order valence-electron chi connectivity index (χ4n) is 2.77. The Morgan fingerprint density at radius 1 is 1.39 bits per heavy atom. The number of hydrogen-bond donors (Lipinski definition) is 1. The van der Waals surface area contributed by atoms with Crippen LogP contribution in [0, 0.1) is 0 Å². The van der Waals surface area contributed by atoms with Gasteiger partial charge in [0.1, 0.15) is 9.84 Å². The molecule has 2 unspecified atom stereocenters. The molecule has 0 bridgehead atoms. The molecule has 0 saturated heterocycles. The van der Waals surface area contributed by atoms with Crippen LogP contribution in [0.1, 0.15) is 43.2 Å². The molecule has 100 valence electrons. The second kappa shape index (κ2) is 4.67. The average Bonchev–Trinajstić information content (AvgIpc) is 2.32. The number of hydrogen-bond acceptors (Lipinski definition) is 3.